The molecule has 2 heterocycles. The van der Waals surface area contributed by atoms with Crippen molar-refractivity contribution >= 4 is 34.1 Å². The van der Waals surface area contributed by atoms with Gasteiger partial charge in [-0.25, -0.2) is 0 Å². The number of benzene rings is 2. The summed E-state index contributed by atoms with van der Waals surface area (Å²) < 4.78 is 5.39. The van der Waals surface area contributed by atoms with Crippen molar-refractivity contribution in [3.05, 3.63) is 48.2 Å². The monoisotopic (exact) mass is 364 g/mol. The lowest BCUT2D eigenvalue weighted by Crippen LogP contribution is -2.28. The number of hydrogen-bond donors (Lipinski definition) is 2. The molecule has 1 saturated heterocycles. The Hall–Kier alpha value is -3.35. The average Bonchev–Trinajstić information content (AvgIpc) is 3.29. The lowest BCUT2D eigenvalue weighted by atomic mass is 10.1. The van der Waals surface area contributed by atoms with Crippen LogP contribution in [0, 0.1) is 12.8 Å². The topological polar surface area (TPSA) is 87.3 Å². The van der Waals surface area contributed by atoms with E-state index in [2.05, 4.69) is 15.5 Å². The predicted molar refractivity (Wildman–Crippen MR) is 103 cm³/mol. The number of H-pyrrole nitrogens is 1. The molecule has 27 heavy (non-hydrogen) atoms. The zero-order valence-corrected chi connectivity index (χ0v) is 15.2. The van der Waals surface area contributed by atoms with E-state index in [4.69, 9.17) is 4.74 Å². The molecule has 7 nitrogen and oxygen atoms in total. The van der Waals surface area contributed by atoms with E-state index >= 15 is 0 Å². The van der Waals surface area contributed by atoms with E-state index in [0.717, 1.165) is 16.5 Å². The summed E-state index contributed by atoms with van der Waals surface area (Å²) in [6.45, 7) is 2.28. The number of fused-ring (bicyclic) bond motifs is 1. The third-order valence-electron chi connectivity index (χ3n) is 4.86. The number of para-hydroxylation sites is 1. The van der Waals surface area contributed by atoms with Gasteiger partial charge in [-0.1, -0.05) is 18.2 Å². The number of carbonyl (C=O) groups excluding carboxylic acids is 2. The number of aromatic nitrogens is 2. The summed E-state index contributed by atoms with van der Waals surface area (Å²) in [5.41, 5.74) is 3.16. The Bertz CT molecular complexity index is 1030. The van der Waals surface area contributed by atoms with Crippen molar-refractivity contribution < 1.29 is 14.3 Å². The molecule has 4 rings (SSSR count). The molecule has 3 aromatic rings. The Labute approximate surface area is 156 Å². The van der Waals surface area contributed by atoms with Crippen LogP contribution in [0.5, 0.6) is 5.75 Å². The van der Waals surface area contributed by atoms with E-state index in [1.54, 1.807) is 18.2 Å². The number of nitrogens with one attached hydrogen (secondary N) is 2. The van der Waals surface area contributed by atoms with Crippen molar-refractivity contribution in [1.82, 2.24) is 10.2 Å². The highest BCUT2D eigenvalue weighted by Crippen LogP contribution is 2.34. The fourth-order valence-corrected chi connectivity index (χ4v) is 3.43. The van der Waals surface area contributed by atoms with E-state index in [-0.39, 0.29) is 18.2 Å². The Balaban J connectivity index is 1.55. The summed E-state index contributed by atoms with van der Waals surface area (Å²) in [7, 11) is 1.57. The summed E-state index contributed by atoms with van der Waals surface area (Å²) in [6, 6.07) is 11.3. The maximum Gasteiger partial charge on any atom is 0.229 e. The Kier molecular flexibility index (Phi) is 4.27. The number of amides is 2. The van der Waals surface area contributed by atoms with Gasteiger partial charge in [-0.05, 0) is 30.7 Å². The highest BCUT2D eigenvalue weighted by atomic mass is 16.5. The largest absolute Gasteiger partial charge is 0.495 e. The number of anilines is 2. The van der Waals surface area contributed by atoms with Crippen molar-refractivity contribution in [3.63, 3.8) is 0 Å². The SMILES string of the molecule is COc1ccc(C)cc1N1CC(C(=O)Nc2cccc3cn[nH]c23)CC1=O. The molecule has 0 bridgehead atoms. The molecule has 1 aromatic heterocycles. The maximum absolute atomic E-state index is 12.8. The van der Waals surface area contributed by atoms with Crippen LogP contribution in [0.15, 0.2) is 42.6 Å². The molecule has 2 N–H and O–H groups in total. The minimum Gasteiger partial charge on any atom is -0.495 e. The van der Waals surface area contributed by atoms with Gasteiger partial charge in [0.25, 0.3) is 0 Å². The van der Waals surface area contributed by atoms with Crippen LogP contribution < -0.4 is 15.0 Å². The molecule has 7 heteroatoms. The van der Waals surface area contributed by atoms with Crippen LogP contribution in [0.25, 0.3) is 10.9 Å². The molecule has 1 aliphatic heterocycles. The molecule has 1 unspecified atom stereocenters. The predicted octanol–water partition coefficient (Wildman–Crippen LogP) is 2.87. The lowest BCUT2D eigenvalue weighted by Gasteiger charge is -2.20. The third kappa shape index (κ3) is 3.12. The first-order valence-electron chi connectivity index (χ1n) is 8.75. The van der Waals surface area contributed by atoms with Crippen molar-refractivity contribution in [2.75, 3.05) is 23.9 Å². The second-order valence-electron chi connectivity index (χ2n) is 6.71. The first kappa shape index (κ1) is 17.1. The number of hydrogen-bond acceptors (Lipinski definition) is 4. The molecule has 0 radical (unpaired) electrons. The molecule has 0 aliphatic carbocycles. The smallest absolute Gasteiger partial charge is 0.229 e. The van der Waals surface area contributed by atoms with Gasteiger partial charge >= 0.3 is 0 Å². The second kappa shape index (κ2) is 6.75. The number of aromatic amines is 1. The molecule has 1 aliphatic rings. The van der Waals surface area contributed by atoms with Crippen molar-refractivity contribution in [2.24, 2.45) is 5.92 Å². The molecule has 0 spiro atoms. The maximum atomic E-state index is 12.8. The van der Waals surface area contributed by atoms with Crippen LogP contribution in [0.4, 0.5) is 11.4 Å². The fraction of sp³-hybridized carbons (Fsp3) is 0.250. The molecule has 2 amide bonds. The van der Waals surface area contributed by atoms with Crippen LogP contribution in [0.3, 0.4) is 0 Å². The Morgan fingerprint density at radius 2 is 2.19 bits per heavy atom. The highest BCUT2D eigenvalue weighted by molar-refractivity contribution is 6.06. The number of carbonyl (C=O) groups is 2. The van der Waals surface area contributed by atoms with Gasteiger partial charge in [0.05, 0.1) is 36.1 Å². The molecule has 2 aromatic carbocycles. The van der Waals surface area contributed by atoms with Gasteiger partial charge < -0.3 is 15.0 Å². The van der Waals surface area contributed by atoms with Crippen LogP contribution >= 0.6 is 0 Å². The number of aryl methyl sites for hydroxylation is 1. The van der Waals surface area contributed by atoms with E-state index in [9.17, 15) is 9.59 Å². The zero-order chi connectivity index (χ0) is 19.0. The zero-order valence-electron chi connectivity index (χ0n) is 15.2. The summed E-state index contributed by atoms with van der Waals surface area (Å²) >= 11 is 0. The van der Waals surface area contributed by atoms with Gasteiger partial charge in [0, 0.05) is 18.4 Å². The molecular weight excluding hydrogens is 344 g/mol. The van der Waals surface area contributed by atoms with Gasteiger partial charge in [0.15, 0.2) is 0 Å². The molecule has 138 valence electrons. The fourth-order valence-electron chi connectivity index (χ4n) is 3.43. The van der Waals surface area contributed by atoms with Crippen LogP contribution in [-0.4, -0.2) is 35.7 Å². The summed E-state index contributed by atoms with van der Waals surface area (Å²) in [5, 5.41) is 10.7. The molecule has 1 fully saturated rings. The van der Waals surface area contributed by atoms with Crippen LogP contribution in [0.1, 0.15) is 12.0 Å². The molecule has 1 atom stereocenters. The third-order valence-corrected chi connectivity index (χ3v) is 4.86. The summed E-state index contributed by atoms with van der Waals surface area (Å²) in [5.74, 6) is -0.0727. The van der Waals surface area contributed by atoms with E-state index < -0.39 is 5.92 Å². The minimum atomic E-state index is -0.430. The quantitative estimate of drug-likeness (QED) is 0.745. The first-order chi connectivity index (χ1) is 13.1. The molecule has 0 saturated carbocycles. The number of nitrogens with zero attached hydrogens (tertiary/aromatic N) is 2. The van der Waals surface area contributed by atoms with Gasteiger partial charge in [0.1, 0.15) is 5.75 Å². The normalized spacial score (nSPS) is 16.7. The van der Waals surface area contributed by atoms with Crippen LogP contribution in [-0.2, 0) is 9.59 Å². The molecular formula is C20H20N4O3. The van der Waals surface area contributed by atoms with Gasteiger partial charge in [-0.2, -0.15) is 5.10 Å². The van der Waals surface area contributed by atoms with Crippen molar-refractivity contribution in [1.29, 1.82) is 0 Å². The van der Waals surface area contributed by atoms with Gasteiger partial charge in [-0.3, -0.25) is 14.7 Å². The Morgan fingerprint density at radius 1 is 1.33 bits per heavy atom. The number of methoxy groups -OCH3 is 1. The van der Waals surface area contributed by atoms with E-state index in [1.807, 2.05) is 43.3 Å². The van der Waals surface area contributed by atoms with E-state index in [0.29, 0.717) is 23.7 Å². The second-order valence-corrected chi connectivity index (χ2v) is 6.71. The standard InChI is InChI=1S/C20H20N4O3/c1-12-6-7-17(27-2)16(8-12)24-11-14(9-18(24)25)20(26)22-15-5-3-4-13-10-21-23-19(13)15/h3-8,10,14H,9,11H2,1-2H3,(H,21,23)(H,22,26). The first-order valence-corrected chi connectivity index (χ1v) is 8.75. The van der Waals surface area contributed by atoms with Crippen molar-refractivity contribution in [2.45, 2.75) is 13.3 Å². The summed E-state index contributed by atoms with van der Waals surface area (Å²) in [4.78, 5) is 27.0. The van der Waals surface area contributed by atoms with Gasteiger partial charge in [-0.15, -0.1) is 0 Å². The van der Waals surface area contributed by atoms with Gasteiger partial charge in [0.2, 0.25) is 11.8 Å². The lowest BCUT2D eigenvalue weighted by molar-refractivity contribution is -0.122. The highest BCUT2D eigenvalue weighted by Gasteiger charge is 2.36. The van der Waals surface area contributed by atoms with E-state index in [1.165, 1.54) is 0 Å². The number of rotatable bonds is 4. The average molecular weight is 364 g/mol. The Morgan fingerprint density at radius 3 is 3.00 bits per heavy atom. The van der Waals surface area contributed by atoms with Crippen molar-refractivity contribution in [3.8, 4) is 5.75 Å². The number of ether oxygens (including phenoxy) is 1. The van der Waals surface area contributed by atoms with Crippen LogP contribution in [0.2, 0.25) is 0 Å². The summed E-state index contributed by atoms with van der Waals surface area (Å²) in [6.07, 6.45) is 1.87. The minimum absolute atomic E-state index is 0.0844.